The van der Waals surface area contributed by atoms with Crippen molar-refractivity contribution in [2.45, 2.75) is 25.6 Å². The van der Waals surface area contributed by atoms with Gasteiger partial charge >= 0.3 is 6.18 Å². The fraction of sp³-hybridized carbons (Fsp3) is 0.238. The van der Waals surface area contributed by atoms with E-state index in [4.69, 9.17) is 0 Å². The Labute approximate surface area is 160 Å². The van der Waals surface area contributed by atoms with E-state index in [-0.39, 0.29) is 12.5 Å². The number of rotatable bonds is 5. The molecule has 0 bridgehead atoms. The Morgan fingerprint density at radius 2 is 1.89 bits per heavy atom. The highest BCUT2D eigenvalue weighted by atomic mass is 19.4. The van der Waals surface area contributed by atoms with E-state index >= 15 is 0 Å². The third-order valence-electron chi connectivity index (χ3n) is 4.43. The van der Waals surface area contributed by atoms with Crippen LogP contribution in [0.4, 0.5) is 18.9 Å². The maximum absolute atomic E-state index is 12.7. The summed E-state index contributed by atoms with van der Waals surface area (Å²) < 4.78 is 38.1. The molecule has 3 rings (SSSR count). The molecule has 2 aromatic carbocycles. The summed E-state index contributed by atoms with van der Waals surface area (Å²) in [6, 6.07) is 12.1. The minimum atomic E-state index is -4.42. The second-order valence-electron chi connectivity index (χ2n) is 6.49. The Kier molecular flexibility index (Phi) is 5.82. The number of benzene rings is 2. The van der Waals surface area contributed by atoms with E-state index in [1.165, 1.54) is 24.3 Å². The van der Waals surface area contributed by atoms with E-state index in [9.17, 15) is 22.8 Å². The Hall–Kier alpha value is -3.09. The summed E-state index contributed by atoms with van der Waals surface area (Å²) in [6.07, 6.45) is -0.456. The second kappa shape index (κ2) is 8.29. The standard InChI is InChI=1S/C21H19F3N2O2/c22-21(23,24)17-4-1-3-15(13-17)8-11-19(27)25-14-16-6-9-18(10-7-16)26-12-2-5-20(26)28/h1,3-4,6-11,13H,2,5,12,14H2,(H,25,27)/b11-8+. The van der Waals surface area contributed by atoms with Gasteiger partial charge in [-0.1, -0.05) is 24.3 Å². The highest BCUT2D eigenvalue weighted by molar-refractivity contribution is 5.95. The van der Waals surface area contributed by atoms with Crippen LogP contribution < -0.4 is 10.2 Å². The van der Waals surface area contributed by atoms with Crippen LogP contribution in [0, 0.1) is 0 Å². The molecular formula is C21H19F3N2O2. The summed E-state index contributed by atoms with van der Waals surface area (Å²) in [6.45, 7) is 0.995. The lowest BCUT2D eigenvalue weighted by molar-refractivity contribution is -0.137. The van der Waals surface area contributed by atoms with Crippen LogP contribution in [0.1, 0.15) is 29.5 Å². The van der Waals surface area contributed by atoms with Gasteiger partial charge in [-0.3, -0.25) is 9.59 Å². The van der Waals surface area contributed by atoms with Gasteiger partial charge in [0.15, 0.2) is 0 Å². The second-order valence-corrected chi connectivity index (χ2v) is 6.49. The van der Waals surface area contributed by atoms with Gasteiger partial charge < -0.3 is 10.2 Å². The first-order chi connectivity index (χ1) is 13.3. The lowest BCUT2D eigenvalue weighted by Gasteiger charge is -2.15. The predicted molar refractivity (Wildman–Crippen MR) is 100 cm³/mol. The van der Waals surface area contributed by atoms with Gasteiger partial charge in [-0.15, -0.1) is 0 Å². The molecule has 4 nitrogen and oxygen atoms in total. The maximum Gasteiger partial charge on any atom is 0.416 e. The van der Waals surface area contributed by atoms with Crippen LogP contribution in [0.5, 0.6) is 0 Å². The molecule has 0 radical (unpaired) electrons. The van der Waals surface area contributed by atoms with Gasteiger partial charge in [0.05, 0.1) is 5.56 Å². The van der Waals surface area contributed by atoms with Gasteiger partial charge in [0.25, 0.3) is 0 Å². The molecule has 28 heavy (non-hydrogen) atoms. The zero-order valence-electron chi connectivity index (χ0n) is 15.0. The molecule has 1 aliphatic heterocycles. The van der Waals surface area contributed by atoms with E-state index in [2.05, 4.69) is 5.32 Å². The molecular weight excluding hydrogens is 369 g/mol. The molecule has 1 heterocycles. The van der Waals surface area contributed by atoms with E-state index in [0.717, 1.165) is 36.3 Å². The highest BCUT2D eigenvalue weighted by Gasteiger charge is 2.30. The summed E-state index contributed by atoms with van der Waals surface area (Å²) in [4.78, 5) is 25.4. The molecule has 2 amide bonds. The average molecular weight is 388 g/mol. The van der Waals surface area contributed by atoms with Crippen LogP contribution in [0.2, 0.25) is 0 Å². The molecule has 7 heteroatoms. The third kappa shape index (κ3) is 5.00. The number of hydrogen-bond acceptors (Lipinski definition) is 2. The highest BCUT2D eigenvalue weighted by Crippen LogP contribution is 2.29. The van der Waals surface area contributed by atoms with Crippen molar-refractivity contribution >= 4 is 23.6 Å². The zero-order valence-corrected chi connectivity index (χ0v) is 15.0. The number of anilines is 1. The van der Waals surface area contributed by atoms with Gasteiger partial charge in [0.2, 0.25) is 11.8 Å². The largest absolute Gasteiger partial charge is 0.416 e. The number of halogens is 3. The topological polar surface area (TPSA) is 49.4 Å². The Morgan fingerprint density at radius 1 is 1.14 bits per heavy atom. The monoisotopic (exact) mass is 388 g/mol. The van der Waals surface area contributed by atoms with Crippen LogP contribution in [0.3, 0.4) is 0 Å². The van der Waals surface area contributed by atoms with Crippen molar-refractivity contribution in [1.82, 2.24) is 5.32 Å². The molecule has 0 aliphatic carbocycles. The SMILES string of the molecule is O=C(/C=C/c1cccc(C(F)(F)F)c1)NCc1ccc(N2CCCC2=O)cc1. The summed E-state index contributed by atoms with van der Waals surface area (Å²) in [5, 5.41) is 2.68. The number of nitrogens with one attached hydrogen (secondary N) is 1. The number of carbonyl (C=O) groups excluding carboxylic acids is 2. The number of alkyl halides is 3. The summed E-state index contributed by atoms with van der Waals surface area (Å²) >= 11 is 0. The predicted octanol–water partition coefficient (Wildman–Crippen LogP) is 4.16. The maximum atomic E-state index is 12.7. The molecule has 1 saturated heterocycles. The van der Waals surface area contributed by atoms with Gasteiger partial charge in [0, 0.05) is 31.3 Å². The molecule has 2 aromatic rings. The molecule has 0 atom stereocenters. The zero-order chi connectivity index (χ0) is 20.1. The van der Waals surface area contributed by atoms with Crippen molar-refractivity contribution in [2.24, 2.45) is 0 Å². The smallest absolute Gasteiger partial charge is 0.348 e. The van der Waals surface area contributed by atoms with Gasteiger partial charge in [-0.25, -0.2) is 0 Å². The Bertz CT molecular complexity index is 889. The minimum Gasteiger partial charge on any atom is -0.348 e. The van der Waals surface area contributed by atoms with Gasteiger partial charge in [-0.05, 0) is 47.9 Å². The van der Waals surface area contributed by atoms with Crippen LogP contribution in [0.15, 0.2) is 54.6 Å². The molecule has 1 N–H and O–H groups in total. The number of amides is 2. The molecule has 1 aliphatic rings. The molecule has 146 valence electrons. The average Bonchev–Trinajstić information content (AvgIpc) is 3.10. The van der Waals surface area contributed by atoms with Crippen LogP contribution >= 0.6 is 0 Å². The fourth-order valence-corrected chi connectivity index (χ4v) is 2.95. The summed E-state index contributed by atoms with van der Waals surface area (Å²) in [5.74, 6) is -0.294. The minimum absolute atomic E-state index is 0.112. The Morgan fingerprint density at radius 3 is 2.54 bits per heavy atom. The van der Waals surface area contributed by atoms with E-state index in [1.807, 2.05) is 24.3 Å². The third-order valence-corrected chi connectivity index (χ3v) is 4.43. The quantitative estimate of drug-likeness (QED) is 0.782. The number of hydrogen-bond donors (Lipinski definition) is 1. The lowest BCUT2D eigenvalue weighted by atomic mass is 10.1. The van der Waals surface area contributed by atoms with Crippen molar-refractivity contribution in [2.75, 3.05) is 11.4 Å². The number of carbonyl (C=O) groups is 2. The van der Waals surface area contributed by atoms with Crippen molar-refractivity contribution in [3.8, 4) is 0 Å². The van der Waals surface area contributed by atoms with E-state index < -0.39 is 17.6 Å². The Balaban J connectivity index is 1.54. The van der Waals surface area contributed by atoms with E-state index in [0.29, 0.717) is 12.0 Å². The fourth-order valence-electron chi connectivity index (χ4n) is 2.95. The van der Waals surface area contributed by atoms with Crippen molar-refractivity contribution in [3.63, 3.8) is 0 Å². The molecule has 1 fully saturated rings. The molecule has 0 spiro atoms. The van der Waals surface area contributed by atoms with Crippen molar-refractivity contribution < 1.29 is 22.8 Å². The number of nitrogens with zero attached hydrogens (tertiary/aromatic N) is 1. The van der Waals surface area contributed by atoms with Gasteiger partial charge in [-0.2, -0.15) is 13.2 Å². The van der Waals surface area contributed by atoms with Crippen molar-refractivity contribution in [3.05, 3.63) is 71.3 Å². The van der Waals surface area contributed by atoms with Gasteiger partial charge in [0.1, 0.15) is 0 Å². The van der Waals surface area contributed by atoms with Crippen LogP contribution in [-0.4, -0.2) is 18.4 Å². The van der Waals surface area contributed by atoms with E-state index in [1.54, 1.807) is 4.90 Å². The first-order valence-electron chi connectivity index (χ1n) is 8.85. The molecule has 0 aromatic heterocycles. The van der Waals surface area contributed by atoms with Crippen LogP contribution in [0.25, 0.3) is 6.08 Å². The normalized spacial score (nSPS) is 14.7. The lowest BCUT2D eigenvalue weighted by Crippen LogP contribution is -2.23. The first kappa shape index (κ1) is 19.7. The van der Waals surface area contributed by atoms with Crippen LogP contribution in [-0.2, 0) is 22.3 Å². The molecule has 0 saturated carbocycles. The summed E-state index contributed by atoms with van der Waals surface area (Å²) in [5.41, 5.74) is 1.23. The molecule has 0 unspecified atom stereocenters. The first-order valence-corrected chi connectivity index (χ1v) is 8.85. The summed E-state index contributed by atoms with van der Waals surface area (Å²) in [7, 11) is 0. The van der Waals surface area contributed by atoms with Crippen molar-refractivity contribution in [1.29, 1.82) is 0 Å².